The highest BCUT2D eigenvalue weighted by atomic mass is 35.5. The van der Waals surface area contributed by atoms with Gasteiger partial charge in [0.05, 0.1) is 6.61 Å². The topological polar surface area (TPSA) is 44.5 Å². The van der Waals surface area contributed by atoms with Gasteiger partial charge in [-0.1, -0.05) is 31.5 Å². The Kier molecular flexibility index (Phi) is 5.34. The summed E-state index contributed by atoms with van der Waals surface area (Å²) >= 11 is 6.11. The fourth-order valence-electron chi connectivity index (χ4n) is 1.96. The van der Waals surface area contributed by atoms with Gasteiger partial charge in [0.2, 0.25) is 0 Å². The summed E-state index contributed by atoms with van der Waals surface area (Å²) in [4.78, 5) is 0. The van der Waals surface area contributed by atoms with Crippen LogP contribution in [0.25, 0.3) is 0 Å². The SMILES string of the molecule is CCCOc1cccc(Oc2ccc(Cl)c(CC)c2)c1N. The molecule has 2 aromatic rings. The predicted octanol–water partition coefficient (Wildman–Crippen LogP) is 5.07. The quantitative estimate of drug-likeness (QED) is 0.758. The number of hydrogen-bond acceptors (Lipinski definition) is 3. The van der Waals surface area contributed by atoms with E-state index in [0.717, 1.165) is 29.2 Å². The molecule has 0 aliphatic carbocycles. The third-order valence-corrected chi connectivity index (χ3v) is 3.48. The van der Waals surface area contributed by atoms with Gasteiger partial charge in [-0.15, -0.1) is 0 Å². The van der Waals surface area contributed by atoms with Crippen LogP contribution in [0.15, 0.2) is 36.4 Å². The number of para-hydroxylation sites is 1. The second-order valence-electron chi connectivity index (χ2n) is 4.73. The van der Waals surface area contributed by atoms with Crippen molar-refractivity contribution in [2.45, 2.75) is 26.7 Å². The van der Waals surface area contributed by atoms with E-state index in [4.69, 9.17) is 26.8 Å². The van der Waals surface area contributed by atoms with E-state index in [1.54, 1.807) is 0 Å². The number of rotatable bonds is 6. The first-order chi connectivity index (χ1) is 10.2. The van der Waals surface area contributed by atoms with Gasteiger partial charge in [0.15, 0.2) is 5.75 Å². The van der Waals surface area contributed by atoms with Crippen LogP contribution in [0.5, 0.6) is 17.2 Å². The normalized spacial score (nSPS) is 10.4. The Hall–Kier alpha value is -1.87. The lowest BCUT2D eigenvalue weighted by Crippen LogP contribution is -2.00. The standard InChI is InChI=1S/C17H20ClNO2/c1-3-10-20-15-6-5-7-16(17(15)19)21-13-8-9-14(18)12(4-2)11-13/h5-9,11H,3-4,10,19H2,1-2H3. The van der Waals surface area contributed by atoms with Gasteiger partial charge in [0.25, 0.3) is 0 Å². The molecule has 0 aliphatic heterocycles. The molecule has 0 unspecified atom stereocenters. The van der Waals surface area contributed by atoms with Crippen LogP contribution in [-0.4, -0.2) is 6.61 Å². The molecular formula is C17H20ClNO2. The van der Waals surface area contributed by atoms with Crippen LogP contribution in [0.1, 0.15) is 25.8 Å². The number of halogens is 1. The number of anilines is 1. The van der Waals surface area contributed by atoms with Crippen LogP contribution >= 0.6 is 11.6 Å². The molecule has 0 spiro atoms. The molecule has 2 aromatic carbocycles. The highest BCUT2D eigenvalue weighted by Gasteiger charge is 2.09. The van der Waals surface area contributed by atoms with Gasteiger partial charge >= 0.3 is 0 Å². The average Bonchev–Trinajstić information content (AvgIpc) is 2.50. The third-order valence-electron chi connectivity index (χ3n) is 3.11. The fraction of sp³-hybridized carbons (Fsp3) is 0.294. The molecule has 4 heteroatoms. The van der Waals surface area contributed by atoms with Crippen LogP contribution < -0.4 is 15.2 Å². The van der Waals surface area contributed by atoms with Crippen LogP contribution in [0.3, 0.4) is 0 Å². The predicted molar refractivity (Wildman–Crippen MR) is 87.5 cm³/mol. The second-order valence-corrected chi connectivity index (χ2v) is 5.13. The Morgan fingerprint density at radius 2 is 1.86 bits per heavy atom. The molecule has 0 fully saturated rings. The van der Waals surface area contributed by atoms with Crippen LogP contribution in [0.4, 0.5) is 5.69 Å². The smallest absolute Gasteiger partial charge is 0.154 e. The number of hydrogen-bond donors (Lipinski definition) is 1. The Labute approximate surface area is 130 Å². The van der Waals surface area contributed by atoms with Crippen molar-refractivity contribution in [2.24, 2.45) is 0 Å². The van der Waals surface area contributed by atoms with Crippen molar-refractivity contribution < 1.29 is 9.47 Å². The van der Waals surface area contributed by atoms with Gasteiger partial charge in [-0.3, -0.25) is 0 Å². The molecule has 21 heavy (non-hydrogen) atoms. The summed E-state index contributed by atoms with van der Waals surface area (Å²) in [5.41, 5.74) is 7.66. The minimum Gasteiger partial charge on any atom is -0.491 e. The van der Waals surface area contributed by atoms with Crippen molar-refractivity contribution >= 4 is 17.3 Å². The van der Waals surface area contributed by atoms with Crippen molar-refractivity contribution in [3.05, 3.63) is 47.0 Å². The zero-order chi connectivity index (χ0) is 15.2. The Morgan fingerprint density at radius 1 is 1.10 bits per heavy atom. The van der Waals surface area contributed by atoms with Crippen LogP contribution in [0.2, 0.25) is 5.02 Å². The van der Waals surface area contributed by atoms with Crippen molar-refractivity contribution in [1.82, 2.24) is 0 Å². The first-order valence-corrected chi connectivity index (χ1v) is 7.51. The van der Waals surface area contributed by atoms with Gasteiger partial charge in [0.1, 0.15) is 17.2 Å². The lowest BCUT2D eigenvalue weighted by atomic mass is 10.1. The maximum Gasteiger partial charge on any atom is 0.154 e. The van der Waals surface area contributed by atoms with Crippen LogP contribution in [0, 0.1) is 0 Å². The Morgan fingerprint density at radius 3 is 2.57 bits per heavy atom. The minimum atomic E-state index is 0.513. The summed E-state index contributed by atoms with van der Waals surface area (Å²) in [6.07, 6.45) is 1.78. The third kappa shape index (κ3) is 3.82. The highest BCUT2D eigenvalue weighted by molar-refractivity contribution is 6.31. The molecule has 0 atom stereocenters. The number of nitrogen functional groups attached to an aromatic ring is 1. The summed E-state index contributed by atoms with van der Waals surface area (Å²) in [5, 5.41) is 0.748. The summed E-state index contributed by atoms with van der Waals surface area (Å²) in [6, 6.07) is 11.1. The van der Waals surface area contributed by atoms with Crippen molar-refractivity contribution in [2.75, 3.05) is 12.3 Å². The summed E-state index contributed by atoms with van der Waals surface area (Å²) in [7, 11) is 0. The lowest BCUT2D eigenvalue weighted by molar-refractivity contribution is 0.318. The zero-order valence-corrected chi connectivity index (χ0v) is 13.1. The molecular weight excluding hydrogens is 286 g/mol. The molecule has 0 aromatic heterocycles. The van der Waals surface area contributed by atoms with Crippen molar-refractivity contribution in [3.8, 4) is 17.2 Å². The van der Waals surface area contributed by atoms with E-state index in [-0.39, 0.29) is 0 Å². The first kappa shape index (κ1) is 15.5. The number of aryl methyl sites for hydroxylation is 1. The first-order valence-electron chi connectivity index (χ1n) is 7.13. The second kappa shape index (κ2) is 7.23. The van der Waals surface area contributed by atoms with Gasteiger partial charge in [-0.2, -0.15) is 0 Å². The summed E-state index contributed by atoms with van der Waals surface area (Å²) in [6.45, 7) is 4.74. The van der Waals surface area contributed by atoms with E-state index < -0.39 is 0 Å². The van der Waals surface area contributed by atoms with Gasteiger partial charge in [0, 0.05) is 5.02 Å². The molecule has 2 rings (SSSR count). The molecule has 0 bridgehead atoms. The van der Waals surface area contributed by atoms with E-state index in [2.05, 4.69) is 13.8 Å². The number of ether oxygens (including phenoxy) is 2. The fourth-order valence-corrected chi connectivity index (χ4v) is 2.21. The molecule has 3 nitrogen and oxygen atoms in total. The molecule has 0 saturated carbocycles. The highest BCUT2D eigenvalue weighted by Crippen LogP contribution is 2.35. The van der Waals surface area contributed by atoms with Crippen LogP contribution in [-0.2, 0) is 6.42 Å². The summed E-state index contributed by atoms with van der Waals surface area (Å²) < 4.78 is 11.5. The van der Waals surface area contributed by atoms with Crippen molar-refractivity contribution in [3.63, 3.8) is 0 Å². The Balaban J connectivity index is 2.23. The maximum absolute atomic E-state index is 6.11. The monoisotopic (exact) mass is 305 g/mol. The summed E-state index contributed by atoms with van der Waals surface area (Å²) in [5.74, 6) is 1.96. The number of nitrogens with two attached hydrogens (primary N) is 1. The van der Waals surface area contributed by atoms with Gasteiger partial charge < -0.3 is 15.2 Å². The molecule has 112 valence electrons. The van der Waals surface area contributed by atoms with Gasteiger partial charge in [-0.25, -0.2) is 0 Å². The molecule has 0 radical (unpaired) electrons. The van der Waals surface area contributed by atoms with E-state index >= 15 is 0 Å². The zero-order valence-electron chi connectivity index (χ0n) is 12.4. The minimum absolute atomic E-state index is 0.513. The average molecular weight is 306 g/mol. The van der Waals surface area contributed by atoms with E-state index in [1.807, 2.05) is 36.4 Å². The van der Waals surface area contributed by atoms with E-state index in [1.165, 1.54) is 0 Å². The molecule has 0 amide bonds. The number of benzene rings is 2. The Bertz CT molecular complexity index is 614. The molecule has 0 heterocycles. The maximum atomic E-state index is 6.11. The lowest BCUT2D eigenvalue weighted by Gasteiger charge is -2.13. The molecule has 0 saturated heterocycles. The largest absolute Gasteiger partial charge is 0.491 e. The van der Waals surface area contributed by atoms with Gasteiger partial charge in [-0.05, 0) is 48.7 Å². The molecule has 0 aliphatic rings. The molecule has 2 N–H and O–H groups in total. The van der Waals surface area contributed by atoms with E-state index in [0.29, 0.717) is 23.8 Å². The van der Waals surface area contributed by atoms with Crippen molar-refractivity contribution in [1.29, 1.82) is 0 Å². The van der Waals surface area contributed by atoms with E-state index in [9.17, 15) is 0 Å².